The van der Waals surface area contributed by atoms with Crippen LogP contribution in [0.5, 0.6) is 0 Å². The van der Waals surface area contributed by atoms with E-state index in [2.05, 4.69) is 120 Å². The van der Waals surface area contributed by atoms with Crippen molar-refractivity contribution in [2.45, 2.75) is 54.2 Å². The topological polar surface area (TPSA) is 109 Å². The summed E-state index contributed by atoms with van der Waals surface area (Å²) in [6.45, 7) is 10.1. The van der Waals surface area contributed by atoms with E-state index in [1.165, 1.54) is 30.3 Å². The fourth-order valence-corrected chi connectivity index (χ4v) is 13.3. The van der Waals surface area contributed by atoms with Crippen LogP contribution in [-0.4, -0.2) is 34.0 Å². The Kier molecular flexibility index (Phi) is 17.7. The Morgan fingerprint density at radius 1 is 0.361 bits per heavy atom. The summed E-state index contributed by atoms with van der Waals surface area (Å²) in [6.07, 6.45) is 0. The van der Waals surface area contributed by atoms with E-state index in [4.69, 9.17) is 33.2 Å². The molecule has 72 heavy (non-hydrogen) atoms. The second kappa shape index (κ2) is 23.5. The van der Waals surface area contributed by atoms with Crippen LogP contribution in [0, 0.1) is 34.6 Å². The van der Waals surface area contributed by atoms with Crippen molar-refractivity contribution in [2.75, 3.05) is 0 Å². The Hall–Kier alpha value is -5.60. The molecule has 0 fully saturated rings. The summed E-state index contributed by atoms with van der Waals surface area (Å²) in [5, 5.41) is 18.1. The predicted molar refractivity (Wildman–Crippen MR) is 304 cm³/mol. The van der Waals surface area contributed by atoms with Crippen molar-refractivity contribution >= 4 is 87.3 Å². The number of aryl methyl sites for hydroxylation is 5. The van der Waals surface area contributed by atoms with Crippen molar-refractivity contribution in [3.63, 3.8) is 0 Å². The molecule has 0 amide bonds. The summed E-state index contributed by atoms with van der Waals surface area (Å²) < 4.78 is 55.7. The lowest BCUT2D eigenvalue weighted by Crippen LogP contribution is -2.31. The molecule has 2 N–H and O–H groups in total. The van der Waals surface area contributed by atoms with Crippen LogP contribution in [0.15, 0.2) is 223 Å². The Balaban J connectivity index is 0.000000214. The largest absolute Gasteiger partial charge is 0.488 e. The van der Waals surface area contributed by atoms with Crippen LogP contribution >= 0.6 is 55.1 Å². The van der Waals surface area contributed by atoms with Crippen molar-refractivity contribution in [1.82, 2.24) is 0 Å². The highest BCUT2D eigenvalue weighted by Gasteiger charge is 2.24. The van der Waals surface area contributed by atoms with Crippen molar-refractivity contribution in [2.24, 2.45) is 0 Å². The molecule has 0 saturated carbocycles. The molecule has 0 saturated heterocycles. The van der Waals surface area contributed by atoms with Gasteiger partial charge in [-0.15, -0.1) is 0 Å². The van der Waals surface area contributed by atoms with Crippen LogP contribution in [-0.2, 0) is 19.7 Å². The number of rotatable bonds is 9. The first kappa shape index (κ1) is 54.2. The summed E-state index contributed by atoms with van der Waals surface area (Å²) in [6, 6.07) is 60.2. The Morgan fingerprint density at radius 2 is 0.639 bits per heavy atom. The smallest absolute Gasteiger partial charge is 0.423 e. The lowest BCUT2D eigenvalue weighted by atomic mass is 9.77. The standard InChI is InChI=1S/C40H34O2S.C12H6Br2Cl2O2S.C7H9BO2/c1-27-13-5-9-17-37(27)31-21-32(38-18-10-6-14-28(38)2)24-35(23-31)43(41,42)36-25-33(39-19-11-7-15-29(39)3)22-34(26-36)40-20-12-8-16-30(40)4;13-7-1-8(14)3-11(2-7)19(17,18)12-5-9(15)4-10(16)6-12;1-6-4-2-3-5-7(6)8(9)10/h5-26H,1-4H3;1-6H;2-5,9-10H,1H3. The van der Waals surface area contributed by atoms with Crippen molar-refractivity contribution in [1.29, 1.82) is 0 Å². The summed E-state index contributed by atoms with van der Waals surface area (Å²) in [4.78, 5) is 0.787. The van der Waals surface area contributed by atoms with Gasteiger partial charge in [0.05, 0.1) is 19.6 Å². The summed E-state index contributed by atoms with van der Waals surface area (Å²) in [7, 11) is -8.92. The maximum Gasteiger partial charge on any atom is 0.488 e. The number of hydrogen-bond donors (Lipinski definition) is 2. The van der Waals surface area contributed by atoms with Crippen LogP contribution in [0.4, 0.5) is 0 Å². The zero-order valence-electron chi connectivity index (χ0n) is 39.9. The average molecular weight is 1160 g/mol. The second-order valence-corrected chi connectivity index (χ2v) is 23.8. The van der Waals surface area contributed by atoms with Crippen molar-refractivity contribution < 1.29 is 26.9 Å². The molecule has 9 rings (SSSR count). The molecule has 0 aliphatic rings. The van der Waals surface area contributed by atoms with Crippen LogP contribution in [0.25, 0.3) is 44.5 Å². The van der Waals surface area contributed by atoms with Gasteiger partial charge in [-0.05, 0) is 180 Å². The van der Waals surface area contributed by atoms with E-state index >= 15 is 0 Å². The van der Waals surface area contributed by atoms with Gasteiger partial charge in [-0.2, -0.15) is 0 Å². The molecule has 13 heteroatoms. The van der Waals surface area contributed by atoms with Gasteiger partial charge in [-0.25, -0.2) is 16.8 Å². The molecule has 0 atom stereocenters. The van der Waals surface area contributed by atoms with Gasteiger partial charge in [-0.1, -0.05) is 182 Å². The van der Waals surface area contributed by atoms with Gasteiger partial charge in [0, 0.05) is 19.0 Å². The van der Waals surface area contributed by atoms with Crippen molar-refractivity contribution in [3.8, 4) is 44.5 Å². The molecule has 0 heterocycles. The van der Waals surface area contributed by atoms with E-state index in [0.717, 1.165) is 72.3 Å². The molecule has 0 aliphatic carbocycles. The molecule has 0 bridgehead atoms. The van der Waals surface area contributed by atoms with E-state index < -0.39 is 26.8 Å². The fraction of sp³-hybridized carbons (Fsp3) is 0.0847. The predicted octanol–water partition coefficient (Wildman–Crippen LogP) is 15.4. The van der Waals surface area contributed by atoms with Gasteiger partial charge in [0.25, 0.3) is 0 Å². The highest BCUT2D eigenvalue weighted by atomic mass is 79.9. The second-order valence-electron chi connectivity index (χ2n) is 17.2. The molecule has 0 unspecified atom stereocenters. The Labute approximate surface area is 450 Å². The zero-order valence-corrected chi connectivity index (χ0v) is 46.2. The van der Waals surface area contributed by atoms with E-state index in [0.29, 0.717) is 14.4 Å². The highest BCUT2D eigenvalue weighted by molar-refractivity contribution is 9.11. The minimum atomic E-state index is -3.91. The van der Waals surface area contributed by atoms with Crippen LogP contribution in [0.2, 0.25) is 10.0 Å². The number of hydrogen-bond acceptors (Lipinski definition) is 6. The van der Waals surface area contributed by atoms with Gasteiger partial charge in [0.15, 0.2) is 0 Å². The van der Waals surface area contributed by atoms with E-state index in [9.17, 15) is 16.8 Å². The molecule has 9 aromatic rings. The molecule has 0 radical (unpaired) electrons. The lowest BCUT2D eigenvalue weighted by Gasteiger charge is -2.16. The quantitative estimate of drug-likeness (QED) is 0.139. The zero-order chi connectivity index (χ0) is 51.9. The number of halogens is 4. The van der Waals surface area contributed by atoms with Crippen molar-refractivity contribution in [3.05, 3.63) is 241 Å². The molecular weight excluding hydrogens is 1110 g/mol. The Bertz CT molecular complexity index is 3310. The first-order valence-corrected chi connectivity index (χ1v) is 27.9. The van der Waals surface area contributed by atoms with Crippen LogP contribution < -0.4 is 5.46 Å². The normalized spacial score (nSPS) is 11.2. The summed E-state index contributed by atoms with van der Waals surface area (Å²) in [5.41, 5.74) is 13.4. The van der Waals surface area contributed by atoms with E-state index in [-0.39, 0.29) is 29.6 Å². The molecule has 0 aliphatic heterocycles. The summed E-state index contributed by atoms with van der Waals surface area (Å²) >= 11 is 18.2. The van der Waals surface area contributed by atoms with Crippen LogP contribution in [0.1, 0.15) is 27.8 Å². The first-order chi connectivity index (χ1) is 34.2. The van der Waals surface area contributed by atoms with Gasteiger partial charge in [-0.3, -0.25) is 0 Å². The van der Waals surface area contributed by atoms with Gasteiger partial charge < -0.3 is 10.0 Å². The third-order valence-electron chi connectivity index (χ3n) is 12.0. The van der Waals surface area contributed by atoms with E-state index in [1.54, 1.807) is 18.2 Å². The molecule has 9 aromatic carbocycles. The monoisotopic (exact) mass is 1160 g/mol. The fourth-order valence-electron chi connectivity index (χ4n) is 8.23. The van der Waals surface area contributed by atoms with Gasteiger partial charge in [0.2, 0.25) is 19.7 Å². The Morgan fingerprint density at radius 3 is 0.931 bits per heavy atom. The third-order valence-corrected chi connectivity index (χ3v) is 16.8. The average Bonchev–Trinajstić information content (AvgIpc) is 3.34. The molecular formula is C59H49BBr2Cl2O6S2. The minimum Gasteiger partial charge on any atom is -0.423 e. The minimum absolute atomic E-state index is 0.0648. The molecule has 364 valence electrons. The third kappa shape index (κ3) is 12.9. The van der Waals surface area contributed by atoms with E-state index in [1.807, 2.05) is 91.9 Å². The summed E-state index contributed by atoms with van der Waals surface area (Å²) in [5.74, 6) is 0. The van der Waals surface area contributed by atoms with Gasteiger partial charge in [0.1, 0.15) is 0 Å². The lowest BCUT2D eigenvalue weighted by molar-refractivity contribution is 0.425. The molecule has 0 spiro atoms. The molecule has 0 aromatic heterocycles. The maximum atomic E-state index is 14.7. The van der Waals surface area contributed by atoms with Crippen LogP contribution in [0.3, 0.4) is 0 Å². The number of sulfone groups is 2. The first-order valence-electron chi connectivity index (χ1n) is 22.6. The van der Waals surface area contributed by atoms with Gasteiger partial charge >= 0.3 is 7.12 Å². The number of benzene rings is 9. The SMILES string of the molecule is Cc1ccccc1-c1cc(-c2ccccc2C)cc(S(=O)(=O)c2cc(-c3ccccc3C)cc(-c3ccccc3C)c2)c1.Cc1ccccc1B(O)O.O=S(=O)(c1cc(Cl)cc(Cl)c1)c1cc(Br)cc(Br)c1. The highest BCUT2D eigenvalue weighted by Crippen LogP contribution is 2.39. The maximum absolute atomic E-state index is 14.7. The molecule has 6 nitrogen and oxygen atoms in total.